The van der Waals surface area contributed by atoms with Gasteiger partial charge in [0.2, 0.25) is 0 Å². The van der Waals surface area contributed by atoms with Gasteiger partial charge in [-0.25, -0.2) is 0 Å². The van der Waals surface area contributed by atoms with Crippen molar-refractivity contribution >= 4 is 28.8 Å². The highest BCUT2D eigenvalue weighted by molar-refractivity contribution is 5.84. The lowest BCUT2D eigenvalue weighted by Gasteiger charge is -2.20. The smallest absolute Gasteiger partial charge is 0.0724 e. The topological polar surface area (TPSA) is 36.4 Å². The van der Waals surface area contributed by atoms with Crippen molar-refractivity contribution in [3.05, 3.63) is 71.4 Å². The van der Waals surface area contributed by atoms with Crippen molar-refractivity contribution in [2.75, 3.05) is 17.7 Å². The molecule has 0 saturated carbocycles. The first kappa shape index (κ1) is 22.5. The van der Waals surface area contributed by atoms with Gasteiger partial charge in [-0.1, -0.05) is 46.1 Å². The van der Waals surface area contributed by atoms with E-state index >= 15 is 0 Å². The third-order valence-electron chi connectivity index (χ3n) is 4.88. The second-order valence-electron chi connectivity index (χ2n) is 7.93. The van der Waals surface area contributed by atoms with Crippen LogP contribution in [0.25, 0.3) is 5.57 Å². The summed E-state index contributed by atoms with van der Waals surface area (Å²) in [6.07, 6.45) is 3.75. The first-order chi connectivity index (χ1) is 13.8. The van der Waals surface area contributed by atoms with Crippen molar-refractivity contribution < 1.29 is 0 Å². The lowest BCUT2D eigenvalue weighted by molar-refractivity contribution is 0.907. The molecule has 0 unspecified atom stereocenters. The molecule has 2 aromatic carbocycles. The maximum atomic E-state index is 4.82. The number of hydrogen-bond donors (Lipinski definition) is 2. The summed E-state index contributed by atoms with van der Waals surface area (Å²) < 4.78 is 0. The van der Waals surface area contributed by atoms with Crippen LogP contribution in [-0.2, 0) is 12.8 Å². The molecule has 0 bridgehead atoms. The van der Waals surface area contributed by atoms with E-state index in [9.17, 15) is 0 Å². The second-order valence-corrected chi connectivity index (χ2v) is 7.93. The molecule has 154 valence electrons. The zero-order valence-electron chi connectivity index (χ0n) is 18.8. The lowest BCUT2D eigenvalue weighted by Crippen LogP contribution is -2.03. The van der Waals surface area contributed by atoms with Crippen molar-refractivity contribution in [3.63, 3.8) is 0 Å². The average Bonchev–Trinajstić information content (AvgIpc) is 2.65. The van der Waals surface area contributed by atoms with Gasteiger partial charge in [0.25, 0.3) is 0 Å². The molecule has 29 heavy (non-hydrogen) atoms. The third kappa shape index (κ3) is 5.83. The molecule has 0 aliphatic carbocycles. The van der Waals surface area contributed by atoms with Crippen molar-refractivity contribution in [3.8, 4) is 0 Å². The van der Waals surface area contributed by atoms with Crippen LogP contribution in [0.4, 0.5) is 17.1 Å². The summed E-state index contributed by atoms with van der Waals surface area (Å²) >= 11 is 0. The maximum Gasteiger partial charge on any atom is 0.0724 e. The first-order valence-electron chi connectivity index (χ1n) is 10.3. The van der Waals surface area contributed by atoms with Crippen LogP contribution in [0.3, 0.4) is 0 Å². The Hall–Kier alpha value is -2.81. The fraction of sp³-hybridized carbons (Fsp3) is 0.346. The monoisotopic (exact) mass is 389 g/mol. The Morgan fingerprint density at radius 3 is 2.52 bits per heavy atom. The van der Waals surface area contributed by atoms with Crippen molar-refractivity contribution in [2.45, 2.75) is 47.5 Å². The summed E-state index contributed by atoms with van der Waals surface area (Å²) in [7, 11) is 1.97. The molecule has 0 atom stereocenters. The molecule has 0 spiro atoms. The maximum absolute atomic E-state index is 4.82. The third-order valence-corrected chi connectivity index (χ3v) is 4.88. The van der Waals surface area contributed by atoms with Crippen LogP contribution in [0.2, 0.25) is 0 Å². The lowest BCUT2D eigenvalue weighted by atomic mass is 9.89. The van der Waals surface area contributed by atoms with Gasteiger partial charge in [0.05, 0.1) is 5.69 Å². The van der Waals surface area contributed by atoms with E-state index in [2.05, 4.69) is 81.8 Å². The fourth-order valence-corrected chi connectivity index (χ4v) is 3.64. The molecule has 0 aliphatic rings. The predicted octanol–water partition coefficient (Wildman–Crippen LogP) is 7.16. The molecular formula is C26H35N3. The number of aliphatic imine (C=N–C) groups is 1. The van der Waals surface area contributed by atoms with Gasteiger partial charge < -0.3 is 10.6 Å². The average molecular weight is 390 g/mol. The largest absolute Gasteiger partial charge is 0.388 e. The zero-order chi connectivity index (χ0) is 21.6. The highest BCUT2D eigenvalue weighted by atomic mass is 14.9. The number of nitrogens with zero attached hydrogens (tertiary/aromatic N) is 1. The molecule has 3 nitrogen and oxygen atoms in total. The van der Waals surface area contributed by atoms with Gasteiger partial charge in [0.1, 0.15) is 0 Å². The summed E-state index contributed by atoms with van der Waals surface area (Å²) in [5.41, 5.74) is 10.2. The Morgan fingerprint density at radius 2 is 1.93 bits per heavy atom. The molecule has 2 rings (SSSR count). The quantitative estimate of drug-likeness (QED) is 0.446. The fourth-order valence-electron chi connectivity index (χ4n) is 3.64. The Kier molecular flexibility index (Phi) is 7.83. The number of allylic oxidation sites excluding steroid dienone is 2. The standard InChI is InChI=1S/C26H35N3/c1-9-23-20(7)26(25(15-24(23)27-8)28-16-17(2)3)19(6)13-21-11-10-12-22(14-21)29-18(4)5/h10-12,14-17,27,29H,4,6,9,13H2,1-3,5,7-8H3/b28-16-. The molecule has 0 heterocycles. The van der Waals surface area contributed by atoms with Crippen LogP contribution in [0.15, 0.2) is 54.2 Å². The second kappa shape index (κ2) is 10.1. The van der Waals surface area contributed by atoms with Gasteiger partial charge in [-0.3, -0.25) is 4.99 Å². The summed E-state index contributed by atoms with van der Waals surface area (Å²) in [5, 5.41) is 6.63. The van der Waals surface area contributed by atoms with Gasteiger partial charge in [0, 0.05) is 35.9 Å². The van der Waals surface area contributed by atoms with Crippen molar-refractivity contribution in [1.29, 1.82) is 0 Å². The van der Waals surface area contributed by atoms with Crippen LogP contribution >= 0.6 is 0 Å². The summed E-state index contributed by atoms with van der Waals surface area (Å²) in [5.74, 6) is 0.394. The van der Waals surface area contributed by atoms with E-state index in [4.69, 9.17) is 4.99 Å². The molecule has 3 heteroatoms. The molecule has 0 amide bonds. The van der Waals surface area contributed by atoms with E-state index in [1.807, 2.05) is 20.2 Å². The van der Waals surface area contributed by atoms with Crippen LogP contribution in [0.1, 0.15) is 49.9 Å². The number of anilines is 2. The number of nitrogens with one attached hydrogen (secondary N) is 2. The minimum atomic E-state index is 0.394. The molecule has 0 aliphatic heterocycles. The van der Waals surface area contributed by atoms with E-state index in [0.717, 1.165) is 46.7 Å². The Labute approximate surface area is 176 Å². The molecule has 2 aromatic rings. The Balaban J connectivity index is 2.48. The highest BCUT2D eigenvalue weighted by Gasteiger charge is 2.16. The molecule has 2 N–H and O–H groups in total. The van der Waals surface area contributed by atoms with E-state index < -0.39 is 0 Å². The molecule has 0 aromatic heterocycles. The van der Waals surface area contributed by atoms with Gasteiger partial charge in [-0.05, 0) is 73.1 Å². The number of hydrogen-bond acceptors (Lipinski definition) is 3. The number of rotatable bonds is 9. The van der Waals surface area contributed by atoms with Crippen LogP contribution < -0.4 is 10.6 Å². The van der Waals surface area contributed by atoms with Crippen molar-refractivity contribution in [1.82, 2.24) is 0 Å². The predicted molar refractivity (Wildman–Crippen MR) is 131 cm³/mol. The SMILES string of the molecule is C=C(C)Nc1cccc(CC(=C)c2c(/N=C\C(C)C)cc(NC)c(CC)c2C)c1. The Bertz CT molecular complexity index is 920. The van der Waals surface area contributed by atoms with Gasteiger partial charge in [-0.2, -0.15) is 0 Å². The summed E-state index contributed by atoms with van der Waals surface area (Å²) in [6, 6.07) is 10.6. The van der Waals surface area contributed by atoms with Crippen LogP contribution in [-0.4, -0.2) is 13.3 Å². The van der Waals surface area contributed by atoms with E-state index in [1.165, 1.54) is 16.7 Å². The van der Waals surface area contributed by atoms with Gasteiger partial charge >= 0.3 is 0 Å². The van der Waals surface area contributed by atoms with Crippen LogP contribution in [0, 0.1) is 12.8 Å². The normalized spacial score (nSPS) is 11.1. The van der Waals surface area contributed by atoms with E-state index in [1.54, 1.807) is 0 Å². The van der Waals surface area contributed by atoms with Gasteiger partial charge in [-0.15, -0.1) is 0 Å². The molecule has 0 radical (unpaired) electrons. The number of benzene rings is 2. The Morgan fingerprint density at radius 1 is 1.21 bits per heavy atom. The molecule has 0 fully saturated rings. The van der Waals surface area contributed by atoms with Gasteiger partial charge in [0.15, 0.2) is 0 Å². The highest BCUT2D eigenvalue weighted by Crippen LogP contribution is 2.37. The first-order valence-corrected chi connectivity index (χ1v) is 10.3. The zero-order valence-corrected chi connectivity index (χ0v) is 18.8. The summed E-state index contributed by atoms with van der Waals surface area (Å²) in [6.45, 7) is 19.0. The van der Waals surface area contributed by atoms with Crippen molar-refractivity contribution in [2.24, 2.45) is 10.9 Å². The van der Waals surface area contributed by atoms with Crippen LogP contribution in [0.5, 0.6) is 0 Å². The molecule has 0 saturated heterocycles. The minimum absolute atomic E-state index is 0.394. The molecular weight excluding hydrogens is 354 g/mol. The van der Waals surface area contributed by atoms with E-state index in [0.29, 0.717) is 5.92 Å². The summed E-state index contributed by atoms with van der Waals surface area (Å²) in [4.78, 5) is 4.82. The minimum Gasteiger partial charge on any atom is -0.388 e. The van der Waals surface area contributed by atoms with E-state index in [-0.39, 0.29) is 0 Å².